The van der Waals surface area contributed by atoms with Gasteiger partial charge in [-0.3, -0.25) is 16.0 Å². The molecule has 2 heterocycles. The van der Waals surface area contributed by atoms with Crippen molar-refractivity contribution in [1.29, 1.82) is 0 Å². The fraction of sp³-hybridized carbons (Fsp3) is 0.727. The van der Waals surface area contributed by atoms with E-state index in [1.54, 1.807) is 13.3 Å². The maximum absolute atomic E-state index is 5.78. The second-order valence-electron chi connectivity index (χ2n) is 4.28. The molecule has 1 aliphatic rings. The molecule has 3 N–H and O–H groups in total. The Morgan fingerprint density at radius 1 is 1.56 bits per heavy atom. The van der Waals surface area contributed by atoms with Gasteiger partial charge in [-0.1, -0.05) is 6.92 Å². The molecule has 0 amide bonds. The van der Waals surface area contributed by atoms with Crippen LogP contribution in [0.5, 0.6) is 5.75 Å². The number of hydrogen-bond acceptors (Lipinski definition) is 6. The van der Waals surface area contributed by atoms with Gasteiger partial charge in [0.25, 0.3) is 0 Å². The highest BCUT2D eigenvalue weighted by Crippen LogP contribution is 2.40. The van der Waals surface area contributed by atoms with Gasteiger partial charge in [0.15, 0.2) is 5.75 Å². The molecule has 0 bridgehead atoms. The van der Waals surface area contributed by atoms with Gasteiger partial charge < -0.3 is 4.74 Å². The van der Waals surface area contributed by atoms with E-state index in [1.807, 2.05) is 35.3 Å². The smallest absolute Gasteiger partial charge is 0.161 e. The van der Waals surface area contributed by atoms with E-state index in [2.05, 4.69) is 17.4 Å². The van der Waals surface area contributed by atoms with Crippen molar-refractivity contribution in [2.24, 2.45) is 12.9 Å². The summed E-state index contributed by atoms with van der Waals surface area (Å²) in [5, 5.41) is 5.24. The first-order valence-electron chi connectivity index (χ1n) is 5.94. The molecule has 1 aliphatic heterocycles. The third-order valence-corrected chi connectivity index (χ3v) is 6.40. The normalized spacial score (nSPS) is 26.0. The minimum Gasteiger partial charge on any atom is -0.493 e. The fourth-order valence-corrected chi connectivity index (χ4v) is 5.19. The Morgan fingerprint density at radius 2 is 2.28 bits per heavy atom. The van der Waals surface area contributed by atoms with Gasteiger partial charge in [0.05, 0.1) is 25.0 Å². The number of rotatable bonds is 4. The van der Waals surface area contributed by atoms with E-state index in [0.29, 0.717) is 10.5 Å². The first kappa shape index (κ1) is 14.0. The average molecular weight is 288 g/mol. The van der Waals surface area contributed by atoms with Crippen molar-refractivity contribution in [2.45, 2.75) is 23.5 Å². The number of thioether (sulfide) groups is 2. The van der Waals surface area contributed by atoms with Crippen molar-refractivity contribution >= 4 is 23.5 Å². The second kappa shape index (κ2) is 6.18. The van der Waals surface area contributed by atoms with Crippen LogP contribution in [-0.2, 0) is 7.05 Å². The monoisotopic (exact) mass is 288 g/mol. The van der Waals surface area contributed by atoms with E-state index in [-0.39, 0.29) is 6.04 Å². The molecule has 0 spiro atoms. The van der Waals surface area contributed by atoms with Crippen LogP contribution in [0.15, 0.2) is 6.20 Å². The molecule has 1 aromatic rings. The molecule has 0 saturated carbocycles. The first-order chi connectivity index (χ1) is 8.69. The lowest BCUT2D eigenvalue weighted by Gasteiger charge is -2.34. The van der Waals surface area contributed by atoms with Gasteiger partial charge >= 0.3 is 0 Å². The third-order valence-electron chi connectivity index (χ3n) is 3.21. The number of nitrogens with zero attached hydrogens (tertiary/aromatic N) is 2. The maximum atomic E-state index is 5.78. The zero-order valence-electron chi connectivity index (χ0n) is 10.9. The number of aromatic nitrogens is 2. The summed E-state index contributed by atoms with van der Waals surface area (Å²) in [5.41, 5.74) is 3.97. The Kier molecular flexibility index (Phi) is 4.83. The van der Waals surface area contributed by atoms with E-state index in [4.69, 9.17) is 10.6 Å². The zero-order chi connectivity index (χ0) is 13.1. The topological polar surface area (TPSA) is 65.1 Å². The molecule has 0 radical (unpaired) electrons. The first-order valence-corrected chi connectivity index (χ1v) is 8.04. The molecule has 5 nitrogen and oxygen atoms in total. The lowest BCUT2D eigenvalue weighted by atomic mass is 10.1. The van der Waals surface area contributed by atoms with Crippen molar-refractivity contribution in [3.05, 3.63) is 11.9 Å². The van der Waals surface area contributed by atoms with E-state index in [1.165, 1.54) is 5.75 Å². The van der Waals surface area contributed by atoms with Crippen molar-refractivity contribution in [1.82, 2.24) is 15.2 Å². The van der Waals surface area contributed by atoms with Gasteiger partial charge in [-0.2, -0.15) is 28.6 Å². The van der Waals surface area contributed by atoms with Crippen LogP contribution in [0.2, 0.25) is 0 Å². The summed E-state index contributed by atoms with van der Waals surface area (Å²) in [6, 6.07) is 0.0558. The molecular formula is C11H20N4OS2. The molecule has 2 rings (SSSR count). The predicted octanol–water partition coefficient (Wildman–Crippen LogP) is 1.17. The van der Waals surface area contributed by atoms with Gasteiger partial charge in [0.1, 0.15) is 0 Å². The van der Waals surface area contributed by atoms with Gasteiger partial charge in [-0.05, 0) is 0 Å². The summed E-state index contributed by atoms with van der Waals surface area (Å²) < 4.78 is 7.22. The fourth-order valence-electron chi connectivity index (χ4n) is 2.28. The van der Waals surface area contributed by atoms with Crippen LogP contribution in [0, 0.1) is 0 Å². The Bertz CT molecular complexity index is 398. The standard InChI is InChI=1S/C11H20N4OS2/c1-7-11(18-5-4-17-7)9(14-12)10-8(16-3)6-13-15(10)2/h6-7,9,11,14H,4-5,12H2,1-3H3. The molecule has 1 aromatic heterocycles. The maximum Gasteiger partial charge on any atom is 0.161 e. The summed E-state index contributed by atoms with van der Waals surface area (Å²) in [5.74, 6) is 8.95. The molecule has 1 saturated heterocycles. The molecule has 0 aromatic carbocycles. The molecule has 7 heteroatoms. The molecule has 3 atom stereocenters. The molecular weight excluding hydrogens is 268 g/mol. The summed E-state index contributed by atoms with van der Waals surface area (Å²) in [6.45, 7) is 2.26. The number of hydrazine groups is 1. The van der Waals surface area contributed by atoms with Crippen molar-refractivity contribution in [3.8, 4) is 5.75 Å². The van der Waals surface area contributed by atoms with Gasteiger partial charge in [-0.15, -0.1) is 0 Å². The highest BCUT2D eigenvalue weighted by atomic mass is 32.2. The summed E-state index contributed by atoms with van der Waals surface area (Å²) in [4.78, 5) is 0. The Balaban J connectivity index is 2.29. The lowest BCUT2D eigenvalue weighted by molar-refractivity contribution is 0.391. The quantitative estimate of drug-likeness (QED) is 0.640. The second-order valence-corrected chi connectivity index (χ2v) is 7.05. The molecule has 1 fully saturated rings. The molecule has 0 aliphatic carbocycles. The van der Waals surface area contributed by atoms with Crippen LogP contribution in [0.25, 0.3) is 0 Å². The number of ether oxygens (including phenoxy) is 1. The van der Waals surface area contributed by atoms with E-state index < -0.39 is 0 Å². The molecule has 18 heavy (non-hydrogen) atoms. The van der Waals surface area contributed by atoms with Crippen LogP contribution in [0.4, 0.5) is 0 Å². The number of nitrogens with one attached hydrogen (secondary N) is 1. The van der Waals surface area contributed by atoms with Crippen molar-refractivity contribution in [2.75, 3.05) is 18.6 Å². The van der Waals surface area contributed by atoms with Gasteiger partial charge in [0.2, 0.25) is 0 Å². The van der Waals surface area contributed by atoms with Gasteiger partial charge in [0, 0.05) is 29.1 Å². The van der Waals surface area contributed by atoms with E-state index in [9.17, 15) is 0 Å². The van der Waals surface area contributed by atoms with E-state index in [0.717, 1.165) is 17.2 Å². The molecule has 102 valence electrons. The van der Waals surface area contributed by atoms with Crippen LogP contribution in [-0.4, -0.2) is 38.9 Å². The van der Waals surface area contributed by atoms with Crippen LogP contribution < -0.4 is 16.0 Å². The number of aryl methyl sites for hydroxylation is 1. The minimum absolute atomic E-state index is 0.0558. The van der Waals surface area contributed by atoms with Gasteiger partial charge in [-0.25, -0.2) is 0 Å². The Labute approximate surface area is 116 Å². The predicted molar refractivity (Wildman–Crippen MR) is 78.0 cm³/mol. The minimum atomic E-state index is 0.0558. The highest BCUT2D eigenvalue weighted by molar-refractivity contribution is 8.07. The van der Waals surface area contributed by atoms with E-state index >= 15 is 0 Å². The lowest BCUT2D eigenvalue weighted by Crippen LogP contribution is -2.42. The number of methoxy groups -OCH3 is 1. The van der Waals surface area contributed by atoms with Crippen molar-refractivity contribution < 1.29 is 4.74 Å². The van der Waals surface area contributed by atoms with Crippen LogP contribution >= 0.6 is 23.5 Å². The number of nitrogens with two attached hydrogens (primary N) is 1. The Hall–Kier alpha value is -0.370. The van der Waals surface area contributed by atoms with Crippen molar-refractivity contribution in [3.63, 3.8) is 0 Å². The van der Waals surface area contributed by atoms with Crippen LogP contribution in [0.1, 0.15) is 18.7 Å². The Morgan fingerprint density at radius 3 is 2.89 bits per heavy atom. The number of hydrogen-bond donors (Lipinski definition) is 2. The third kappa shape index (κ3) is 2.64. The zero-order valence-corrected chi connectivity index (χ0v) is 12.6. The van der Waals surface area contributed by atoms with Crippen LogP contribution in [0.3, 0.4) is 0 Å². The highest BCUT2D eigenvalue weighted by Gasteiger charge is 2.34. The molecule has 3 unspecified atom stereocenters. The SMILES string of the molecule is COc1cnn(C)c1C(NN)C1SCCSC1C. The largest absolute Gasteiger partial charge is 0.493 e. The summed E-state index contributed by atoms with van der Waals surface area (Å²) in [7, 11) is 3.59. The summed E-state index contributed by atoms with van der Waals surface area (Å²) in [6.07, 6.45) is 1.74. The summed E-state index contributed by atoms with van der Waals surface area (Å²) >= 11 is 3.97. The average Bonchev–Trinajstić information content (AvgIpc) is 2.74.